The Morgan fingerprint density at radius 2 is 1.61 bits per heavy atom. The predicted octanol–water partition coefficient (Wildman–Crippen LogP) is 4.39. The van der Waals surface area contributed by atoms with Gasteiger partial charge in [-0.2, -0.15) is 4.57 Å². The number of aromatic nitrogens is 1. The minimum atomic E-state index is -0.243. The quantitative estimate of drug-likeness (QED) is 0.789. The Kier molecular flexibility index (Phi) is 5.91. The molecule has 1 N–H and O–H groups in total. The lowest BCUT2D eigenvalue weighted by atomic mass is 9.95. The van der Waals surface area contributed by atoms with Crippen molar-refractivity contribution in [3.63, 3.8) is 0 Å². The van der Waals surface area contributed by atoms with Crippen LogP contribution in [-0.4, -0.2) is 5.91 Å². The van der Waals surface area contributed by atoms with Crippen LogP contribution in [0, 0.1) is 6.92 Å². The molecule has 1 heterocycles. The van der Waals surface area contributed by atoms with Crippen LogP contribution in [0.15, 0.2) is 48.8 Å². The lowest BCUT2D eigenvalue weighted by Gasteiger charge is -2.13. The van der Waals surface area contributed by atoms with Gasteiger partial charge in [0.25, 0.3) is 5.91 Å². The third kappa shape index (κ3) is 4.41. The summed E-state index contributed by atoms with van der Waals surface area (Å²) < 4.78 is 1.95. The first-order valence-corrected chi connectivity index (χ1v) is 8.43. The lowest BCUT2D eigenvalue weighted by Crippen LogP contribution is -2.44. The van der Waals surface area contributed by atoms with Crippen LogP contribution in [0.4, 0.5) is 5.69 Å². The Morgan fingerprint density at radius 3 is 2.13 bits per heavy atom. The van der Waals surface area contributed by atoms with Crippen LogP contribution in [0.3, 0.4) is 0 Å². The summed E-state index contributed by atoms with van der Waals surface area (Å²) in [5.41, 5.74) is 3.36. The van der Waals surface area contributed by atoms with Crippen LogP contribution < -0.4 is 9.88 Å². The van der Waals surface area contributed by atoms with E-state index in [-0.39, 0.29) is 11.9 Å². The molecule has 0 spiro atoms. The van der Waals surface area contributed by atoms with E-state index in [0.717, 1.165) is 18.5 Å². The van der Waals surface area contributed by atoms with Gasteiger partial charge < -0.3 is 5.32 Å². The topological polar surface area (TPSA) is 33.0 Å². The van der Waals surface area contributed by atoms with Gasteiger partial charge in [-0.1, -0.05) is 31.5 Å². The molecule has 0 bridgehead atoms. The van der Waals surface area contributed by atoms with Crippen LogP contribution >= 0.6 is 0 Å². The summed E-state index contributed by atoms with van der Waals surface area (Å²) in [6.45, 7) is 8.38. The fourth-order valence-corrected chi connectivity index (χ4v) is 2.76. The van der Waals surface area contributed by atoms with E-state index in [1.54, 1.807) is 0 Å². The average molecular weight is 311 g/mol. The smallest absolute Gasteiger partial charge is 0.293 e. The number of anilines is 1. The number of nitrogens with one attached hydrogen (secondary N) is 1. The largest absolute Gasteiger partial charge is 0.320 e. The zero-order valence-corrected chi connectivity index (χ0v) is 14.5. The summed E-state index contributed by atoms with van der Waals surface area (Å²) in [4.78, 5) is 12.4. The number of aryl methyl sites for hydroxylation is 1. The highest BCUT2D eigenvalue weighted by molar-refractivity contribution is 5.92. The van der Waals surface area contributed by atoms with Crippen molar-refractivity contribution in [1.82, 2.24) is 0 Å². The van der Waals surface area contributed by atoms with Crippen LogP contribution in [0.25, 0.3) is 0 Å². The molecule has 0 unspecified atom stereocenters. The first-order valence-electron chi connectivity index (χ1n) is 8.43. The number of pyridine rings is 1. The van der Waals surface area contributed by atoms with E-state index in [0.29, 0.717) is 5.92 Å². The molecular weight excluding hydrogens is 284 g/mol. The molecule has 122 valence electrons. The summed E-state index contributed by atoms with van der Waals surface area (Å²) in [5.74, 6) is 0.593. The molecule has 0 aliphatic rings. The molecule has 1 amide bonds. The second kappa shape index (κ2) is 7.91. The lowest BCUT2D eigenvalue weighted by molar-refractivity contribution is -0.705. The number of amides is 1. The van der Waals surface area contributed by atoms with Gasteiger partial charge in [-0.05, 0) is 43.4 Å². The maximum absolute atomic E-state index is 12.4. The standard InChI is InChI=1S/C20H26N2O/c1-5-17(6-2)18-11-13-22(14-12-18)16(4)20(23)21-19-9-7-15(3)8-10-19/h7-14,16-17H,5-6H2,1-4H3/p+1/t16-/m0/s1. The number of benzene rings is 1. The molecule has 3 nitrogen and oxygen atoms in total. The van der Waals surface area contributed by atoms with Crippen molar-refractivity contribution in [1.29, 1.82) is 0 Å². The molecule has 1 aromatic carbocycles. The van der Waals surface area contributed by atoms with Crippen LogP contribution in [-0.2, 0) is 4.79 Å². The highest BCUT2D eigenvalue weighted by Gasteiger charge is 2.22. The Morgan fingerprint density at radius 1 is 1.04 bits per heavy atom. The molecule has 0 aliphatic carbocycles. The van der Waals surface area contributed by atoms with Crippen molar-refractivity contribution in [3.8, 4) is 0 Å². The maximum Gasteiger partial charge on any atom is 0.293 e. The van der Waals surface area contributed by atoms with E-state index in [9.17, 15) is 4.79 Å². The fraction of sp³-hybridized carbons (Fsp3) is 0.400. The van der Waals surface area contributed by atoms with Gasteiger partial charge in [0.05, 0.1) is 0 Å². The molecule has 0 fully saturated rings. The summed E-state index contributed by atoms with van der Waals surface area (Å²) in [6, 6.07) is 11.9. The number of nitrogens with zero attached hydrogens (tertiary/aromatic N) is 1. The van der Waals surface area contributed by atoms with Crippen molar-refractivity contribution in [2.45, 2.75) is 52.5 Å². The molecular formula is C20H27N2O+. The van der Waals surface area contributed by atoms with Gasteiger partial charge in [0, 0.05) is 24.7 Å². The summed E-state index contributed by atoms with van der Waals surface area (Å²) >= 11 is 0. The van der Waals surface area contributed by atoms with Crippen molar-refractivity contribution < 1.29 is 9.36 Å². The zero-order valence-electron chi connectivity index (χ0n) is 14.5. The molecule has 2 aromatic rings. The van der Waals surface area contributed by atoms with Gasteiger partial charge in [-0.3, -0.25) is 4.79 Å². The van der Waals surface area contributed by atoms with Gasteiger partial charge >= 0.3 is 0 Å². The predicted molar refractivity (Wildman–Crippen MR) is 94.5 cm³/mol. The Hall–Kier alpha value is -2.16. The Bertz CT molecular complexity index is 628. The summed E-state index contributed by atoms with van der Waals surface area (Å²) in [5, 5.41) is 2.97. The first-order chi connectivity index (χ1) is 11.0. The highest BCUT2D eigenvalue weighted by atomic mass is 16.2. The monoisotopic (exact) mass is 311 g/mol. The molecule has 1 aromatic heterocycles. The molecule has 0 saturated carbocycles. The minimum Gasteiger partial charge on any atom is -0.320 e. The van der Waals surface area contributed by atoms with E-state index in [1.165, 1.54) is 11.1 Å². The molecule has 3 heteroatoms. The van der Waals surface area contributed by atoms with Crippen LogP contribution in [0.5, 0.6) is 0 Å². The van der Waals surface area contributed by atoms with Crippen molar-refractivity contribution in [2.75, 3.05) is 5.32 Å². The summed E-state index contributed by atoms with van der Waals surface area (Å²) in [7, 11) is 0. The molecule has 2 rings (SSSR count). The third-order valence-corrected chi connectivity index (χ3v) is 4.48. The van der Waals surface area contributed by atoms with E-state index in [4.69, 9.17) is 0 Å². The molecule has 0 radical (unpaired) electrons. The third-order valence-electron chi connectivity index (χ3n) is 4.48. The zero-order chi connectivity index (χ0) is 16.8. The van der Waals surface area contributed by atoms with Crippen molar-refractivity contribution in [2.24, 2.45) is 0 Å². The van der Waals surface area contributed by atoms with E-state index >= 15 is 0 Å². The molecule has 23 heavy (non-hydrogen) atoms. The second-order valence-corrected chi connectivity index (χ2v) is 6.12. The number of hydrogen-bond donors (Lipinski definition) is 1. The van der Waals surface area contributed by atoms with E-state index in [2.05, 4.69) is 31.3 Å². The van der Waals surface area contributed by atoms with E-state index < -0.39 is 0 Å². The van der Waals surface area contributed by atoms with Gasteiger partial charge in [-0.25, -0.2) is 0 Å². The Labute approximate surface area is 139 Å². The van der Waals surface area contributed by atoms with Crippen molar-refractivity contribution >= 4 is 11.6 Å². The summed E-state index contributed by atoms with van der Waals surface area (Å²) in [6.07, 6.45) is 6.30. The van der Waals surface area contributed by atoms with Gasteiger partial charge in [0.2, 0.25) is 6.04 Å². The molecule has 0 aliphatic heterocycles. The second-order valence-electron chi connectivity index (χ2n) is 6.12. The number of rotatable bonds is 6. The fourth-order valence-electron chi connectivity index (χ4n) is 2.76. The number of carbonyl (C=O) groups is 1. The SMILES string of the molecule is CCC(CC)c1cc[n+]([C@@H](C)C(=O)Nc2ccc(C)cc2)cc1. The molecule has 0 saturated heterocycles. The average Bonchev–Trinajstić information content (AvgIpc) is 2.58. The van der Waals surface area contributed by atoms with E-state index in [1.807, 2.05) is 55.1 Å². The maximum atomic E-state index is 12.4. The number of carbonyl (C=O) groups excluding carboxylic acids is 1. The normalized spacial score (nSPS) is 12.2. The van der Waals surface area contributed by atoms with Crippen LogP contribution in [0.1, 0.15) is 56.7 Å². The molecule has 1 atom stereocenters. The Balaban J connectivity index is 2.05. The minimum absolute atomic E-state index is 0.00543. The van der Waals surface area contributed by atoms with Crippen LogP contribution in [0.2, 0.25) is 0 Å². The highest BCUT2D eigenvalue weighted by Crippen LogP contribution is 2.21. The van der Waals surface area contributed by atoms with Gasteiger partial charge in [0.15, 0.2) is 12.4 Å². The number of hydrogen-bond acceptors (Lipinski definition) is 1. The van der Waals surface area contributed by atoms with Gasteiger partial charge in [0.1, 0.15) is 0 Å². The first kappa shape index (κ1) is 17.2. The van der Waals surface area contributed by atoms with Gasteiger partial charge in [-0.15, -0.1) is 0 Å². The van der Waals surface area contributed by atoms with Crippen molar-refractivity contribution in [3.05, 3.63) is 59.9 Å².